The molecular weight excluding hydrogens is 220 g/mol. The van der Waals surface area contributed by atoms with Crippen molar-refractivity contribution < 1.29 is 19.4 Å². The van der Waals surface area contributed by atoms with Gasteiger partial charge < -0.3 is 14.6 Å². The summed E-state index contributed by atoms with van der Waals surface area (Å²) in [7, 11) is 0. The molecule has 4 heteroatoms. The zero-order chi connectivity index (χ0) is 12.5. The fourth-order valence-corrected chi connectivity index (χ4v) is 1.20. The number of ether oxygens (including phenoxy) is 2. The van der Waals surface area contributed by atoms with Gasteiger partial charge in [-0.2, -0.15) is 0 Å². The molecule has 0 fully saturated rings. The van der Waals surface area contributed by atoms with Gasteiger partial charge in [0, 0.05) is 6.08 Å². The number of esters is 1. The SMILES string of the molecule is C=CC(=O)OCCCCOc1ccccc1O. The maximum atomic E-state index is 10.7. The molecule has 1 rings (SSSR count). The highest BCUT2D eigenvalue weighted by Gasteiger charge is 2.00. The zero-order valence-electron chi connectivity index (χ0n) is 9.59. The topological polar surface area (TPSA) is 55.8 Å². The molecule has 4 nitrogen and oxygen atoms in total. The standard InChI is InChI=1S/C13H16O4/c1-2-13(15)17-10-6-5-9-16-12-8-4-3-7-11(12)14/h2-4,7-8,14H,1,5-6,9-10H2. The molecule has 92 valence electrons. The van der Waals surface area contributed by atoms with Crippen LogP contribution in [0.15, 0.2) is 36.9 Å². The summed E-state index contributed by atoms with van der Waals surface area (Å²) >= 11 is 0. The number of hydrogen-bond donors (Lipinski definition) is 1. The average Bonchev–Trinajstić information content (AvgIpc) is 2.35. The van der Waals surface area contributed by atoms with Gasteiger partial charge in [0.15, 0.2) is 11.5 Å². The van der Waals surface area contributed by atoms with Crippen LogP contribution < -0.4 is 4.74 Å². The number of rotatable bonds is 7. The third-order valence-electron chi connectivity index (χ3n) is 2.07. The molecule has 0 radical (unpaired) electrons. The molecule has 0 unspecified atom stereocenters. The highest BCUT2D eigenvalue weighted by atomic mass is 16.5. The molecule has 0 aliphatic carbocycles. The van der Waals surface area contributed by atoms with Crippen molar-refractivity contribution >= 4 is 5.97 Å². The van der Waals surface area contributed by atoms with Crippen molar-refractivity contribution in [2.24, 2.45) is 0 Å². The summed E-state index contributed by atoms with van der Waals surface area (Å²) < 4.78 is 10.2. The van der Waals surface area contributed by atoms with E-state index in [0.29, 0.717) is 25.4 Å². The van der Waals surface area contributed by atoms with E-state index in [0.717, 1.165) is 12.5 Å². The van der Waals surface area contributed by atoms with Crippen LogP contribution in [-0.2, 0) is 9.53 Å². The van der Waals surface area contributed by atoms with Crippen molar-refractivity contribution in [1.82, 2.24) is 0 Å². The second-order valence-corrected chi connectivity index (χ2v) is 3.39. The average molecular weight is 236 g/mol. The van der Waals surface area contributed by atoms with Crippen LogP contribution in [0.1, 0.15) is 12.8 Å². The van der Waals surface area contributed by atoms with Crippen molar-refractivity contribution in [3.8, 4) is 11.5 Å². The first kappa shape index (κ1) is 13.1. The maximum Gasteiger partial charge on any atom is 0.330 e. The summed E-state index contributed by atoms with van der Waals surface area (Å²) in [6.45, 7) is 4.13. The van der Waals surface area contributed by atoms with Crippen LogP contribution in [-0.4, -0.2) is 24.3 Å². The van der Waals surface area contributed by atoms with Gasteiger partial charge in [0.1, 0.15) is 0 Å². The van der Waals surface area contributed by atoms with Crippen LogP contribution in [0.3, 0.4) is 0 Å². The number of hydrogen-bond acceptors (Lipinski definition) is 4. The van der Waals surface area contributed by atoms with Gasteiger partial charge in [-0.3, -0.25) is 0 Å². The predicted molar refractivity (Wildman–Crippen MR) is 64.0 cm³/mol. The van der Waals surface area contributed by atoms with Crippen molar-refractivity contribution in [3.63, 3.8) is 0 Å². The second kappa shape index (κ2) is 7.33. The van der Waals surface area contributed by atoms with Crippen molar-refractivity contribution in [2.75, 3.05) is 13.2 Å². The van der Waals surface area contributed by atoms with E-state index in [2.05, 4.69) is 6.58 Å². The number of carbonyl (C=O) groups excluding carboxylic acids is 1. The number of phenolic OH excluding ortho intramolecular Hbond substituents is 1. The lowest BCUT2D eigenvalue weighted by molar-refractivity contribution is -0.137. The highest BCUT2D eigenvalue weighted by Crippen LogP contribution is 2.24. The summed E-state index contributed by atoms with van der Waals surface area (Å²) in [6.07, 6.45) is 2.60. The van der Waals surface area contributed by atoms with Crippen molar-refractivity contribution in [3.05, 3.63) is 36.9 Å². The molecule has 0 bridgehead atoms. The second-order valence-electron chi connectivity index (χ2n) is 3.39. The van der Waals surface area contributed by atoms with Crippen LogP contribution in [0, 0.1) is 0 Å². The number of carbonyl (C=O) groups is 1. The molecule has 0 atom stereocenters. The van der Waals surface area contributed by atoms with Crippen LogP contribution in [0.25, 0.3) is 0 Å². The summed E-state index contributed by atoms with van der Waals surface area (Å²) in [5.41, 5.74) is 0. The van der Waals surface area contributed by atoms with E-state index in [1.807, 2.05) is 0 Å². The Balaban J connectivity index is 2.11. The van der Waals surface area contributed by atoms with Gasteiger partial charge in [-0.1, -0.05) is 18.7 Å². The fraction of sp³-hybridized carbons (Fsp3) is 0.308. The molecule has 17 heavy (non-hydrogen) atoms. The first-order chi connectivity index (χ1) is 8.24. The zero-order valence-corrected chi connectivity index (χ0v) is 9.59. The Hall–Kier alpha value is -1.97. The molecule has 0 spiro atoms. The van der Waals surface area contributed by atoms with Crippen LogP contribution >= 0.6 is 0 Å². The number of phenols is 1. The van der Waals surface area contributed by atoms with Gasteiger partial charge in [0.25, 0.3) is 0 Å². The minimum atomic E-state index is -0.411. The Morgan fingerprint density at radius 3 is 2.71 bits per heavy atom. The largest absolute Gasteiger partial charge is 0.504 e. The van der Waals surface area contributed by atoms with Crippen LogP contribution in [0.2, 0.25) is 0 Å². The van der Waals surface area contributed by atoms with Gasteiger partial charge in [0.05, 0.1) is 13.2 Å². The molecule has 0 amide bonds. The molecule has 0 saturated heterocycles. The normalized spacial score (nSPS) is 9.65. The van der Waals surface area contributed by atoms with E-state index in [9.17, 15) is 9.90 Å². The molecule has 0 aliphatic rings. The van der Waals surface area contributed by atoms with E-state index >= 15 is 0 Å². The lowest BCUT2D eigenvalue weighted by Crippen LogP contribution is -2.04. The molecule has 0 aliphatic heterocycles. The molecule has 1 aromatic carbocycles. The van der Waals surface area contributed by atoms with Gasteiger partial charge in [-0.25, -0.2) is 4.79 Å². The van der Waals surface area contributed by atoms with Crippen LogP contribution in [0.5, 0.6) is 11.5 Å². The Kier molecular flexibility index (Phi) is 5.64. The number of benzene rings is 1. The highest BCUT2D eigenvalue weighted by molar-refractivity contribution is 5.81. The third kappa shape index (κ3) is 5.06. The van der Waals surface area contributed by atoms with Crippen LogP contribution in [0.4, 0.5) is 0 Å². The summed E-state index contributed by atoms with van der Waals surface area (Å²) in [5, 5.41) is 9.41. The van der Waals surface area contributed by atoms with Gasteiger partial charge in [-0.15, -0.1) is 0 Å². The van der Waals surface area contributed by atoms with Gasteiger partial charge >= 0.3 is 5.97 Å². The Morgan fingerprint density at radius 2 is 2.00 bits per heavy atom. The van der Waals surface area contributed by atoms with Gasteiger partial charge in [-0.05, 0) is 25.0 Å². The molecule has 0 aromatic heterocycles. The van der Waals surface area contributed by atoms with Gasteiger partial charge in [0.2, 0.25) is 0 Å². The first-order valence-corrected chi connectivity index (χ1v) is 5.44. The van der Waals surface area contributed by atoms with E-state index in [4.69, 9.17) is 9.47 Å². The van der Waals surface area contributed by atoms with E-state index in [1.54, 1.807) is 24.3 Å². The smallest absolute Gasteiger partial charge is 0.330 e. The Morgan fingerprint density at radius 1 is 1.29 bits per heavy atom. The minimum absolute atomic E-state index is 0.130. The van der Waals surface area contributed by atoms with E-state index in [-0.39, 0.29) is 5.75 Å². The molecule has 0 saturated carbocycles. The monoisotopic (exact) mass is 236 g/mol. The summed E-state index contributed by atoms with van der Waals surface area (Å²) in [6, 6.07) is 6.80. The fourth-order valence-electron chi connectivity index (χ4n) is 1.20. The van der Waals surface area contributed by atoms with E-state index in [1.165, 1.54) is 0 Å². The number of aromatic hydroxyl groups is 1. The molecule has 1 aromatic rings. The minimum Gasteiger partial charge on any atom is -0.504 e. The number of para-hydroxylation sites is 2. The lowest BCUT2D eigenvalue weighted by Gasteiger charge is -2.07. The molecule has 0 heterocycles. The summed E-state index contributed by atoms with van der Waals surface area (Å²) in [4.78, 5) is 10.7. The Bertz CT molecular complexity index is 373. The predicted octanol–water partition coefficient (Wildman–Crippen LogP) is 2.28. The first-order valence-electron chi connectivity index (χ1n) is 5.44. The lowest BCUT2D eigenvalue weighted by atomic mass is 10.3. The summed E-state index contributed by atoms with van der Waals surface area (Å²) in [5.74, 6) is 0.188. The molecule has 1 N–H and O–H groups in total. The molecular formula is C13H16O4. The third-order valence-corrected chi connectivity index (χ3v) is 2.07. The Labute approximate surface area is 100 Å². The number of unbranched alkanes of at least 4 members (excludes halogenated alkanes) is 1. The van der Waals surface area contributed by atoms with Crippen molar-refractivity contribution in [1.29, 1.82) is 0 Å². The van der Waals surface area contributed by atoms with E-state index < -0.39 is 5.97 Å². The quantitative estimate of drug-likeness (QED) is 0.448. The van der Waals surface area contributed by atoms with Crippen molar-refractivity contribution in [2.45, 2.75) is 12.8 Å². The maximum absolute atomic E-state index is 10.7.